The summed E-state index contributed by atoms with van der Waals surface area (Å²) in [4.78, 5) is 48.3. The summed E-state index contributed by atoms with van der Waals surface area (Å²) in [7, 11) is 1.92. The number of nitrogens with one attached hydrogen (secondary N) is 2. The number of imide groups is 1. The Morgan fingerprint density at radius 2 is 1.88 bits per heavy atom. The molecule has 11 nitrogen and oxygen atoms in total. The van der Waals surface area contributed by atoms with E-state index >= 15 is 0 Å². The fourth-order valence-electron chi connectivity index (χ4n) is 5.60. The van der Waals surface area contributed by atoms with Gasteiger partial charge in [0.2, 0.25) is 5.91 Å². The van der Waals surface area contributed by atoms with Crippen molar-refractivity contribution in [3.63, 3.8) is 0 Å². The molecule has 3 aromatic rings. The number of carboxylic acid groups (broad SMARTS) is 1. The van der Waals surface area contributed by atoms with E-state index in [4.69, 9.17) is 5.73 Å². The predicted octanol–water partition coefficient (Wildman–Crippen LogP) is 3.41. The summed E-state index contributed by atoms with van der Waals surface area (Å²) in [5.41, 5.74) is 8.38. The third kappa shape index (κ3) is 6.37. The molecule has 2 atom stereocenters. The highest BCUT2D eigenvalue weighted by molar-refractivity contribution is 5.98. The number of carbonyl (C=O) groups is 3. The van der Waals surface area contributed by atoms with Crippen molar-refractivity contribution in [3.05, 3.63) is 53.2 Å². The number of aromatic carboxylic acids is 1. The lowest BCUT2D eigenvalue weighted by Gasteiger charge is -2.34. The van der Waals surface area contributed by atoms with E-state index in [0.717, 1.165) is 21.4 Å². The van der Waals surface area contributed by atoms with Gasteiger partial charge in [0.05, 0.1) is 12.1 Å². The summed E-state index contributed by atoms with van der Waals surface area (Å²) in [6, 6.07) is 5.11. The second kappa shape index (κ2) is 12.2. The number of aromatic nitrogens is 3. The molecule has 0 unspecified atom stereocenters. The summed E-state index contributed by atoms with van der Waals surface area (Å²) in [5.74, 6) is -1.45. The van der Waals surface area contributed by atoms with Crippen molar-refractivity contribution in [1.82, 2.24) is 24.8 Å². The van der Waals surface area contributed by atoms with Gasteiger partial charge in [0.25, 0.3) is 0 Å². The number of nitrogens with two attached hydrogens (primary N) is 1. The number of imidazole rings is 1. The highest BCUT2D eigenvalue weighted by Gasteiger charge is 2.38. The van der Waals surface area contributed by atoms with Crippen LogP contribution in [0.1, 0.15) is 79.6 Å². The minimum Gasteiger partial charge on any atom is -0.476 e. The molecule has 0 radical (unpaired) electrons. The number of aryl methyl sites for hydroxylation is 2. The molecule has 3 amide bonds. The van der Waals surface area contributed by atoms with Gasteiger partial charge >= 0.3 is 12.0 Å². The quantitative estimate of drug-likeness (QED) is 0.271. The zero-order valence-corrected chi connectivity index (χ0v) is 23.6. The number of aromatic amines is 1. The molecule has 1 aliphatic rings. The molecule has 1 fully saturated rings. The van der Waals surface area contributed by atoms with E-state index in [0.29, 0.717) is 37.8 Å². The van der Waals surface area contributed by atoms with Crippen LogP contribution in [0.2, 0.25) is 0 Å². The van der Waals surface area contributed by atoms with Gasteiger partial charge in [0, 0.05) is 42.3 Å². The molecule has 1 aliphatic carbocycles. The number of aliphatic hydroxyl groups is 1. The third-order valence-corrected chi connectivity index (χ3v) is 7.65. The molecule has 0 bridgehead atoms. The first-order chi connectivity index (χ1) is 19.0. The van der Waals surface area contributed by atoms with Crippen molar-refractivity contribution in [2.24, 2.45) is 18.7 Å². The predicted molar refractivity (Wildman–Crippen MR) is 151 cm³/mol. The van der Waals surface area contributed by atoms with Crippen molar-refractivity contribution >= 4 is 28.8 Å². The number of aliphatic hydroxyl groups excluding tert-OH is 1. The van der Waals surface area contributed by atoms with Crippen LogP contribution in [-0.2, 0) is 18.3 Å². The minimum absolute atomic E-state index is 0.115. The van der Waals surface area contributed by atoms with Gasteiger partial charge in [-0.1, -0.05) is 32.0 Å². The zero-order valence-electron chi connectivity index (χ0n) is 23.6. The SMILES string of the molecule is Cc1[nH]c([C@@H](Cc2cn(C)c3ccccc23)N(C(=O)N[C@H]2CC[C@H](O)CC2)C(=O)[C@@H](N)CC(C)C)nc1C(=O)O. The fraction of sp³-hybridized carbons (Fsp3) is 0.517. The van der Waals surface area contributed by atoms with E-state index in [2.05, 4.69) is 15.3 Å². The Kier molecular flexibility index (Phi) is 8.95. The Labute approximate surface area is 233 Å². The van der Waals surface area contributed by atoms with Gasteiger partial charge in [-0.3, -0.25) is 9.69 Å². The first-order valence-corrected chi connectivity index (χ1v) is 13.9. The van der Waals surface area contributed by atoms with Crippen LogP contribution >= 0.6 is 0 Å². The van der Waals surface area contributed by atoms with Gasteiger partial charge < -0.3 is 30.8 Å². The largest absolute Gasteiger partial charge is 0.476 e. The van der Waals surface area contributed by atoms with E-state index in [9.17, 15) is 24.6 Å². The van der Waals surface area contributed by atoms with Gasteiger partial charge in [-0.2, -0.15) is 0 Å². The molecular formula is C29H40N6O5. The summed E-state index contributed by atoms with van der Waals surface area (Å²) in [5, 5.41) is 23.6. The molecular weight excluding hydrogens is 512 g/mol. The first-order valence-electron chi connectivity index (χ1n) is 13.9. The number of rotatable bonds is 9. The molecule has 40 heavy (non-hydrogen) atoms. The van der Waals surface area contributed by atoms with Crippen LogP contribution < -0.4 is 11.1 Å². The number of hydrogen-bond acceptors (Lipinski definition) is 6. The third-order valence-electron chi connectivity index (χ3n) is 7.65. The molecule has 1 aromatic carbocycles. The molecule has 2 aromatic heterocycles. The topological polar surface area (TPSA) is 167 Å². The number of urea groups is 1. The lowest BCUT2D eigenvalue weighted by atomic mass is 9.93. The number of carboxylic acids is 1. The molecule has 4 rings (SSSR count). The molecule has 6 N–H and O–H groups in total. The van der Waals surface area contributed by atoms with Crippen LogP contribution in [0.5, 0.6) is 0 Å². The van der Waals surface area contributed by atoms with Gasteiger partial charge in [-0.05, 0) is 56.6 Å². The molecule has 1 saturated carbocycles. The Balaban J connectivity index is 1.80. The Hall–Kier alpha value is -3.70. The average Bonchev–Trinajstić information content (AvgIpc) is 3.44. The number of fused-ring (bicyclic) bond motifs is 1. The van der Waals surface area contributed by atoms with Gasteiger partial charge in [0.15, 0.2) is 5.69 Å². The molecule has 216 valence electrons. The van der Waals surface area contributed by atoms with Crippen LogP contribution in [0.25, 0.3) is 10.9 Å². The maximum absolute atomic E-state index is 14.0. The number of nitrogens with zero attached hydrogens (tertiary/aromatic N) is 3. The summed E-state index contributed by atoms with van der Waals surface area (Å²) in [6.07, 6.45) is 4.41. The van der Waals surface area contributed by atoms with Crippen molar-refractivity contribution in [2.75, 3.05) is 0 Å². The molecule has 0 spiro atoms. The second-order valence-electron chi connectivity index (χ2n) is 11.3. The van der Waals surface area contributed by atoms with E-state index < -0.39 is 36.1 Å². The van der Waals surface area contributed by atoms with Crippen molar-refractivity contribution in [2.45, 2.75) is 83.5 Å². The van der Waals surface area contributed by atoms with Crippen LogP contribution in [0, 0.1) is 12.8 Å². The van der Waals surface area contributed by atoms with E-state index in [1.54, 1.807) is 6.92 Å². The van der Waals surface area contributed by atoms with Crippen molar-refractivity contribution < 1.29 is 24.6 Å². The first kappa shape index (κ1) is 29.3. The van der Waals surface area contributed by atoms with Crippen molar-refractivity contribution in [1.29, 1.82) is 0 Å². The van der Waals surface area contributed by atoms with Crippen LogP contribution in [0.15, 0.2) is 30.5 Å². The van der Waals surface area contributed by atoms with Crippen LogP contribution in [-0.4, -0.2) is 65.7 Å². The Morgan fingerprint density at radius 3 is 2.50 bits per heavy atom. The van der Waals surface area contributed by atoms with E-state index in [1.165, 1.54) is 0 Å². The smallest absolute Gasteiger partial charge is 0.356 e. The molecule has 0 aliphatic heterocycles. The highest BCUT2D eigenvalue weighted by atomic mass is 16.4. The van der Waals surface area contributed by atoms with E-state index in [1.807, 2.05) is 55.9 Å². The van der Waals surface area contributed by atoms with Gasteiger partial charge in [-0.25, -0.2) is 14.6 Å². The maximum Gasteiger partial charge on any atom is 0.356 e. The molecule has 0 saturated heterocycles. The lowest BCUT2D eigenvalue weighted by Crippen LogP contribution is -2.55. The summed E-state index contributed by atoms with van der Waals surface area (Å²) < 4.78 is 1.97. The Morgan fingerprint density at radius 1 is 1.20 bits per heavy atom. The summed E-state index contributed by atoms with van der Waals surface area (Å²) >= 11 is 0. The number of hydrogen-bond donors (Lipinski definition) is 5. The van der Waals surface area contributed by atoms with Gasteiger partial charge in [-0.15, -0.1) is 0 Å². The lowest BCUT2D eigenvalue weighted by molar-refractivity contribution is -0.132. The van der Waals surface area contributed by atoms with Gasteiger partial charge in [0.1, 0.15) is 11.9 Å². The number of para-hydroxylation sites is 1. The second-order valence-corrected chi connectivity index (χ2v) is 11.3. The highest BCUT2D eigenvalue weighted by Crippen LogP contribution is 2.31. The molecule has 11 heteroatoms. The number of H-pyrrole nitrogens is 1. The van der Waals surface area contributed by atoms with Crippen LogP contribution in [0.4, 0.5) is 4.79 Å². The standard InChI is InChI=1S/C29H40N6O5/c1-16(2)13-22(30)27(37)35(29(40)32-19-9-11-20(36)12-10-19)24(26-31-17(3)25(33-26)28(38)39)14-18-15-34(4)23-8-6-5-7-21(18)23/h5-8,15-16,19-20,22,24,36H,9-14,30H2,1-4H3,(H,31,33)(H,32,40)(H,38,39)/t19-,20-,22-,24+/m0/s1. The number of amides is 3. The number of benzene rings is 1. The Bertz CT molecular complexity index is 1370. The normalized spacial score (nSPS) is 19.0. The van der Waals surface area contributed by atoms with E-state index in [-0.39, 0.29) is 29.9 Å². The maximum atomic E-state index is 14.0. The fourth-order valence-corrected chi connectivity index (χ4v) is 5.60. The monoisotopic (exact) mass is 552 g/mol. The summed E-state index contributed by atoms with van der Waals surface area (Å²) in [6.45, 7) is 5.50. The average molecular weight is 553 g/mol. The zero-order chi connectivity index (χ0) is 29.1. The minimum atomic E-state index is -1.21. The van der Waals surface area contributed by atoms with Crippen molar-refractivity contribution in [3.8, 4) is 0 Å². The number of carbonyl (C=O) groups excluding carboxylic acids is 2. The molecule has 2 heterocycles. The van der Waals surface area contributed by atoms with Crippen LogP contribution in [0.3, 0.4) is 0 Å².